The fourth-order valence-electron chi connectivity index (χ4n) is 3.30. The van der Waals surface area contributed by atoms with Gasteiger partial charge in [0.2, 0.25) is 0 Å². The molecule has 1 aliphatic rings. The van der Waals surface area contributed by atoms with E-state index in [0.29, 0.717) is 12.4 Å². The fourth-order valence-corrected chi connectivity index (χ4v) is 4.60. The molecule has 2 aromatic heterocycles. The lowest BCUT2D eigenvalue weighted by Gasteiger charge is -2.26. The van der Waals surface area contributed by atoms with Crippen LogP contribution in [0.4, 0.5) is 0 Å². The molecule has 1 atom stereocenters. The Bertz CT molecular complexity index is 877. The lowest BCUT2D eigenvalue weighted by atomic mass is 10.2. The van der Waals surface area contributed by atoms with E-state index in [9.17, 15) is 8.42 Å². The van der Waals surface area contributed by atoms with E-state index in [2.05, 4.69) is 17.0 Å². The SMILES string of the molecule is CCCn1nccc1-c1cc(C)nc([C@H]2CCCN2S(=O)(=O)N(C)C)n1. The second-order valence-corrected chi connectivity index (χ2v) is 8.85. The maximum absolute atomic E-state index is 12.6. The van der Waals surface area contributed by atoms with E-state index in [-0.39, 0.29) is 6.04 Å². The van der Waals surface area contributed by atoms with Gasteiger partial charge in [-0.3, -0.25) is 4.68 Å². The molecule has 0 amide bonds. The summed E-state index contributed by atoms with van der Waals surface area (Å²) in [7, 11) is -0.397. The van der Waals surface area contributed by atoms with Crippen LogP contribution >= 0.6 is 0 Å². The molecular formula is C17H26N6O2S. The minimum absolute atomic E-state index is 0.330. The molecule has 1 saturated heterocycles. The Balaban J connectivity index is 2.01. The van der Waals surface area contributed by atoms with Crippen LogP contribution in [-0.2, 0) is 16.8 Å². The van der Waals surface area contributed by atoms with Gasteiger partial charge in [0.15, 0.2) is 0 Å². The first kappa shape index (κ1) is 18.9. The maximum Gasteiger partial charge on any atom is 0.282 e. The average molecular weight is 379 g/mol. The summed E-state index contributed by atoms with van der Waals surface area (Å²) in [5, 5.41) is 4.36. The van der Waals surface area contributed by atoms with Crippen molar-refractivity contribution in [3.63, 3.8) is 0 Å². The molecule has 0 N–H and O–H groups in total. The quantitative estimate of drug-likeness (QED) is 0.768. The van der Waals surface area contributed by atoms with Crippen molar-refractivity contribution in [2.75, 3.05) is 20.6 Å². The summed E-state index contributed by atoms with van der Waals surface area (Å²) >= 11 is 0. The zero-order chi connectivity index (χ0) is 18.9. The Morgan fingerprint density at radius 1 is 1.31 bits per heavy atom. The lowest BCUT2D eigenvalue weighted by molar-refractivity contribution is 0.352. The van der Waals surface area contributed by atoms with Gasteiger partial charge in [0.25, 0.3) is 10.2 Å². The maximum atomic E-state index is 12.6. The van der Waals surface area contributed by atoms with E-state index in [4.69, 9.17) is 4.98 Å². The molecule has 3 rings (SSSR count). The van der Waals surface area contributed by atoms with Crippen molar-refractivity contribution in [3.8, 4) is 11.4 Å². The van der Waals surface area contributed by atoms with Crippen LogP contribution in [0.25, 0.3) is 11.4 Å². The first-order chi connectivity index (χ1) is 12.3. The van der Waals surface area contributed by atoms with Crippen molar-refractivity contribution in [2.45, 2.75) is 45.7 Å². The summed E-state index contributed by atoms with van der Waals surface area (Å²) in [5.74, 6) is 0.562. The van der Waals surface area contributed by atoms with Crippen molar-refractivity contribution in [1.82, 2.24) is 28.4 Å². The molecule has 0 bridgehead atoms. The predicted octanol–water partition coefficient (Wildman–Crippen LogP) is 2.00. The first-order valence-corrected chi connectivity index (χ1v) is 10.3. The second-order valence-electron chi connectivity index (χ2n) is 6.75. The van der Waals surface area contributed by atoms with E-state index in [1.807, 2.05) is 23.7 Å². The normalized spacial score (nSPS) is 18.7. The number of aryl methyl sites for hydroxylation is 2. The first-order valence-electron chi connectivity index (χ1n) is 8.91. The summed E-state index contributed by atoms with van der Waals surface area (Å²) in [5.41, 5.74) is 2.54. The van der Waals surface area contributed by atoms with Gasteiger partial charge in [-0.25, -0.2) is 9.97 Å². The molecular weight excluding hydrogens is 352 g/mol. The topological polar surface area (TPSA) is 84.2 Å². The summed E-state index contributed by atoms with van der Waals surface area (Å²) in [6.07, 6.45) is 4.27. The van der Waals surface area contributed by atoms with E-state index in [1.165, 1.54) is 8.61 Å². The molecule has 0 unspecified atom stereocenters. The van der Waals surface area contributed by atoms with Crippen molar-refractivity contribution in [2.24, 2.45) is 0 Å². The molecule has 0 aliphatic carbocycles. The van der Waals surface area contributed by atoms with Crippen molar-refractivity contribution < 1.29 is 8.42 Å². The van der Waals surface area contributed by atoms with Crippen LogP contribution in [-0.4, -0.2) is 57.4 Å². The number of nitrogens with zero attached hydrogens (tertiary/aromatic N) is 6. The average Bonchev–Trinajstić information content (AvgIpc) is 3.24. The zero-order valence-corrected chi connectivity index (χ0v) is 16.6. The fraction of sp³-hybridized carbons (Fsp3) is 0.588. The van der Waals surface area contributed by atoms with Gasteiger partial charge in [-0.1, -0.05) is 6.92 Å². The molecule has 0 aromatic carbocycles. The van der Waals surface area contributed by atoms with E-state index < -0.39 is 10.2 Å². The zero-order valence-electron chi connectivity index (χ0n) is 15.8. The Labute approximate surface area is 155 Å². The number of hydrogen-bond donors (Lipinski definition) is 0. The third-order valence-corrected chi connectivity index (χ3v) is 6.50. The molecule has 142 valence electrons. The Morgan fingerprint density at radius 3 is 2.77 bits per heavy atom. The van der Waals surface area contributed by atoms with Gasteiger partial charge in [-0.05, 0) is 38.3 Å². The summed E-state index contributed by atoms with van der Waals surface area (Å²) in [4.78, 5) is 9.29. The molecule has 8 nitrogen and oxygen atoms in total. The van der Waals surface area contributed by atoms with E-state index >= 15 is 0 Å². The molecule has 1 fully saturated rings. The van der Waals surface area contributed by atoms with Crippen molar-refractivity contribution >= 4 is 10.2 Å². The highest BCUT2D eigenvalue weighted by Gasteiger charge is 2.38. The van der Waals surface area contributed by atoms with Gasteiger partial charge in [-0.15, -0.1) is 0 Å². The van der Waals surface area contributed by atoms with Gasteiger partial charge >= 0.3 is 0 Å². The Hall–Kier alpha value is -1.84. The summed E-state index contributed by atoms with van der Waals surface area (Å²) < 4.78 is 30.0. The molecule has 0 saturated carbocycles. The highest BCUT2D eigenvalue weighted by atomic mass is 32.2. The highest BCUT2D eigenvalue weighted by Crippen LogP contribution is 2.34. The molecule has 0 radical (unpaired) electrons. The van der Waals surface area contributed by atoms with Crippen LogP contribution in [0, 0.1) is 6.92 Å². The highest BCUT2D eigenvalue weighted by molar-refractivity contribution is 7.86. The molecule has 1 aliphatic heterocycles. The van der Waals surface area contributed by atoms with Gasteiger partial charge in [-0.2, -0.15) is 22.1 Å². The standard InChI is InChI=1S/C17H26N6O2S/c1-5-10-22-15(8-9-18-22)14-12-13(2)19-17(20-14)16-7-6-11-23(16)26(24,25)21(3)4/h8-9,12,16H,5-7,10-11H2,1-4H3/t16-/m1/s1. The van der Waals surface area contributed by atoms with Crippen molar-refractivity contribution in [1.29, 1.82) is 0 Å². The molecule has 2 aromatic rings. The summed E-state index contributed by atoms with van der Waals surface area (Å²) in [6, 6.07) is 3.53. The van der Waals surface area contributed by atoms with Crippen LogP contribution in [0.5, 0.6) is 0 Å². The Morgan fingerprint density at radius 2 is 2.08 bits per heavy atom. The van der Waals surface area contributed by atoms with Gasteiger partial charge < -0.3 is 0 Å². The second kappa shape index (κ2) is 7.42. The van der Waals surface area contributed by atoms with Crippen LogP contribution in [0.3, 0.4) is 0 Å². The van der Waals surface area contributed by atoms with E-state index in [1.54, 1.807) is 20.3 Å². The third-order valence-electron chi connectivity index (χ3n) is 4.55. The Kier molecular flexibility index (Phi) is 5.40. The largest absolute Gasteiger partial charge is 0.282 e. The minimum Gasteiger partial charge on any atom is -0.263 e. The molecule has 26 heavy (non-hydrogen) atoms. The van der Waals surface area contributed by atoms with Crippen LogP contribution in [0.1, 0.15) is 43.7 Å². The van der Waals surface area contributed by atoms with Crippen LogP contribution in [0.2, 0.25) is 0 Å². The van der Waals surface area contributed by atoms with Crippen LogP contribution in [0.15, 0.2) is 18.3 Å². The minimum atomic E-state index is -3.50. The smallest absolute Gasteiger partial charge is 0.263 e. The van der Waals surface area contributed by atoms with E-state index in [0.717, 1.165) is 42.9 Å². The lowest BCUT2D eigenvalue weighted by Crippen LogP contribution is -2.40. The molecule has 0 spiro atoms. The van der Waals surface area contributed by atoms with Gasteiger partial charge in [0.1, 0.15) is 5.82 Å². The van der Waals surface area contributed by atoms with Crippen LogP contribution < -0.4 is 0 Å². The molecule has 3 heterocycles. The predicted molar refractivity (Wildman–Crippen MR) is 99.6 cm³/mol. The number of aromatic nitrogens is 4. The third kappa shape index (κ3) is 3.51. The number of hydrogen-bond acceptors (Lipinski definition) is 5. The van der Waals surface area contributed by atoms with Gasteiger partial charge in [0.05, 0.1) is 17.4 Å². The van der Waals surface area contributed by atoms with Gasteiger partial charge in [0, 0.05) is 39.1 Å². The molecule has 9 heteroatoms. The monoisotopic (exact) mass is 378 g/mol. The number of rotatable bonds is 6. The van der Waals surface area contributed by atoms with Crippen molar-refractivity contribution in [3.05, 3.63) is 29.8 Å². The summed E-state index contributed by atoms with van der Waals surface area (Å²) in [6.45, 7) is 5.32.